The lowest BCUT2D eigenvalue weighted by molar-refractivity contribution is 0.234. The van der Waals surface area contributed by atoms with Gasteiger partial charge in [-0.1, -0.05) is 63.8 Å². The zero-order valence-corrected chi connectivity index (χ0v) is 24.0. The van der Waals surface area contributed by atoms with E-state index in [1.807, 2.05) is 28.9 Å². The molecule has 1 heterocycles. The van der Waals surface area contributed by atoms with E-state index in [4.69, 9.17) is 25.1 Å². The van der Waals surface area contributed by atoms with E-state index in [1.54, 1.807) is 24.3 Å². The minimum Gasteiger partial charge on any atom is -0.489 e. The van der Waals surface area contributed by atoms with E-state index in [-0.39, 0.29) is 5.84 Å². The molecule has 4 aromatic rings. The van der Waals surface area contributed by atoms with E-state index in [0.717, 1.165) is 34.9 Å². The van der Waals surface area contributed by atoms with Gasteiger partial charge in [-0.3, -0.25) is 16.1 Å². The number of hydrogen-bond acceptors (Lipinski definition) is 6. The number of amidine groups is 1. The van der Waals surface area contributed by atoms with Gasteiger partial charge in [-0.2, -0.15) is 0 Å². The first-order valence-electron chi connectivity index (χ1n) is 14.0. The SMILES string of the molecule is CC(C)c1nc(-c2ccc(OCc3ccc(COc4ccc(C(=N)NO)cc4)cc3)cc2)c(CC2CCCC2)s1. The second-order valence-electron chi connectivity index (χ2n) is 10.8. The number of thiazole rings is 1. The summed E-state index contributed by atoms with van der Waals surface area (Å²) in [6, 6.07) is 23.6. The highest BCUT2D eigenvalue weighted by atomic mass is 32.1. The van der Waals surface area contributed by atoms with Gasteiger partial charge >= 0.3 is 0 Å². The molecule has 1 saturated carbocycles. The van der Waals surface area contributed by atoms with Crippen molar-refractivity contribution in [2.24, 2.45) is 5.92 Å². The van der Waals surface area contributed by atoms with E-state index in [1.165, 1.54) is 41.1 Å². The molecule has 1 fully saturated rings. The first-order valence-corrected chi connectivity index (χ1v) is 14.8. The Hall–Kier alpha value is -3.68. The molecule has 0 atom stereocenters. The predicted octanol–water partition coefficient (Wildman–Crippen LogP) is 8.13. The number of hydroxylamine groups is 1. The molecule has 0 amide bonds. The Morgan fingerprint density at radius 3 is 1.98 bits per heavy atom. The Kier molecular flexibility index (Phi) is 9.14. The molecule has 6 nitrogen and oxygen atoms in total. The summed E-state index contributed by atoms with van der Waals surface area (Å²) in [6.45, 7) is 5.39. The fourth-order valence-electron chi connectivity index (χ4n) is 5.01. The van der Waals surface area contributed by atoms with Gasteiger partial charge in [-0.05, 0) is 72.0 Å². The molecule has 0 aliphatic heterocycles. The standard InChI is InChI=1S/C33H37N3O3S/c1-22(2)33-35-31(30(40-33)19-23-5-3-4-6-23)26-11-15-28(16-12-26)38-20-24-7-9-25(10-8-24)21-39-29-17-13-27(14-18-29)32(34)36-37/h7-18,22-23,37H,3-6,19-21H2,1-2H3,(H2,34,36). The summed E-state index contributed by atoms with van der Waals surface area (Å²) in [7, 11) is 0. The topological polar surface area (TPSA) is 87.5 Å². The van der Waals surface area contributed by atoms with Crippen LogP contribution in [0.1, 0.15) is 72.0 Å². The highest BCUT2D eigenvalue weighted by Gasteiger charge is 2.21. The molecule has 0 saturated heterocycles. The summed E-state index contributed by atoms with van der Waals surface area (Å²) in [5.41, 5.74) is 6.90. The van der Waals surface area contributed by atoms with Crippen molar-refractivity contribution >= 4 is 17.2 Å². The molecular formula is C33H37N3O3S. The van der Waals surface area contributed by atoms with Crippen LogP contribution in [0.2, 0.25) is 0 Å². The lowest BCUT2D eigenvalue weighted by Gasteiger charge is -2.10. The summed E-state index contributed by atoms with van der Waals surface area (Å²) in [5, 5.41) is 17.6. The van der Waals surface area contributed by atoms with Crippen molar-refractivity contribution in [1.82, 2.24) is 10.5 Å². The van der Waals surface area contributed by atoms with Gasteiger partial charge in [-0.25, -0.2) is 4.98 Å². The average Bonchev–Trinajstić information content (AvgIpc) is 3.66. The van der Waals surface area contributed by atoms with Gasteiger partial charge in [0.15, 0.2) is 0 Å². The van der Waals surface area contributed by atoms with Crippen LogP contribution in [0.4, 0.5) is 0 Å². The molecule has 0 bridgehead atoms. The molecule has 0 radical (unpaired) electrons. The Morgan fingerprint density at radius 1 is 0.900 bits per heavy atom. The molecule has 0 spiro atoms. The van der Waals surface area contributed by atoms with E-state index < -0.39 is 0 Å². The average molecular weight is 556 g/mol. The maximum Gasteiger partial charge on any atom is 0.149 e. The first kappa shape index (κ1) is 27.9. The first-order chi connectivity index (χ1) is 19.5. The third-order valence-corrected chi connectivity index (χ3v) is 8.75. The highest BCUT2D eigenvalue weighted by Crippen LogP contribution is 2.37. The summed E-state index contributed by atoms with van der Waals surface area (Å²) < 4.78 is 11.9. The van der Waals surface area contributed by atoms with Gasteiger partial charge in [0.1, 0.15) is 30.5 Å². The van der Waals surface area contributed by atoms with Gasteiger partial charge in [0, 0.05) is 21.9 Å². The van der Waals surface area contributed by atoms with E-state index >= 15 is 0 Å². The molecular weight excluding hydrogens is 518 g/mol. The van der Waals surface area contributed by atoms with Gasteiger partial charge in [0.2, 0.25) is 0 Å². The quantitative estimate of drug-likeness (QED) is 0.0988. The van der Waals surface area contributed by atoms with Crippen LogP contribution in [-0.2, 0) is 19.6 Å². The smallest absolute Gasteiger partial charge is 0.149 e. The predicted molar refractivity (Wildman–Crippen MR) is 161 cm³/mol. The number of nitrogens with zero attached hydrogens (tertiary/aromatic N) is 1. The molecule has 3 N–H and O–H groups in total. The number of benzene rings is 3. The molecule has 3 aromatic carbocycles. The summed E-state index contributed by atoms with van der Waals surface area (Å²) in [5.74, 6) is 2.75. The van der Waals surface area contributed by atoms with E-state index in [0.29, 0.717) is 30.4 Å². The van der Waals surface area contributed by atoms with Crippen LogP contribution in [0.15, 0.2) is 72.8 Å². The van der Waals surface area contributed by atoms with Crippen molar-refractivity contribution in [2.75, 3.05) is 0 Å². The molecule has 7 heteroatoms. The number of nitrogens with one attached hydrogen (secondary N) is 2. The molecule has 40 heavy (non-hydrogen) atoms. The van der Waals surface area contributed by atoms with Crippen LogP contribution in [0.3, 0.4) is 0 Å². The zero-order valence-electron chi connectivity index (χ0n) is 23.2. The Bertz CT molecular complexity index is 1390. The van der Waals surface area contributed by atoms with Crippen LogP contribution in [0, 0.1) is 11.3 Å². The van der Waals surface area contributed by atoms with Crippen LogP contribution < -0.4 is 15.0 Å². The largest absolute Gasteiger partial charge is 0.489 e. The number of hydrogen-bond donors (Lipinski definition) is 3. The highest BCUT2D eigenvalue weighted by molar-refractivity contribution is 7.12. The van der Waals surface area contributed by atoms with Gasteiger partial charge in [0.05, 0.1) is 10.7 Å². The van der Waals surface area contributed by atoms with Crippen LogP contribution in [0.5, 0.6) is 11.5 Å². The van der Waals surface area contributed by atoms with Crippen molar-refractivity contribution in [3.63, 3.8) is 0 Å². The van der Waals surface area contributed by atoms with Crippen molar-refractivity contribution < 1.29 is 14.7 Å². The maximum atomic E-state index is 8.84. The number of ether oxygens (including phenoxy) is 2. The third-order valence-electron chi connectivity index (χ3n) is 7.37. The molecule has 208 valence electrons. The minimum absolute atomic E-state index is 0.0521. The molecule has 1 aliphatic carbocycles. The van der Waals surface area contributed by atoms with Crippen LogP contribution in [-0.4, -0.2) is 16.0 Å². The third kappa shape index (κ3) is 7.09. The maximum absolute atomic E-state index is 8.84. The van der Waals surface area contributed by atoms with E-state index in [9.17, 15) is 0 Å². The zero-order chi connectivity index (χ0) is 27.9. The lowest BCUT2D eigenvalue weighted by Crippen LogP contribution is -2.18. The van der Waals surface area contributed by atoms with Crippen LogP contribution in [0.25, 0.3) is 11.3 Å². The Morgan fingerprint density at radius 2 is 1.45 bits per heavy atom. The molecule has 0 unspecified atom stereocenters. The molecule has 5 rings (SSSR count). The minimum atomic E-state index is -0.0521. The summed E-state index contributed by atoms with van der Waals surface area (Å²) in [6.07, 6.45) is 6.58. The van der Waals surface area contributed by atoms with Gasteiger partial charge in [0.25, 0.3) is 0 Å². The molecule has 1 aromatic heterocycles. The van der Waals surface area contributed by atoms with E-state index in [2.05, 4.69) is 50.2 Å². The van der Waals surface area contributed by atoms with Crippen molar-refractivity contribution in [3.05, 3.63) is 99.4 Å². The summed E-state index contributed by atoms with van der Waals surface area (Å²) in [4.78, 5) is 6.48. The lowest BCUT2D eigenvalue weighted by atomic mass is 10.0. The van der Waals surface area contributed by atoms with Crippen LogP contribution >= 0.6 is 11.3 Å². The second-order valence-corrected chi connectivity index (χ2v) is 11.9. The number of rotatable bonds is 11. The fraction of sp³-hybridized carbons (Fsp3) is 0.333. The molecule has 1 aliphatic rings. The fourth-order valence-corrected chi connectivity index (χ4v) is 6.22. The summed E-state index contributed by atoms with van der Waals surface area (Å²) >= 11 is 1.90. The number of aromatic nitrogens is 1. The van der Waals surface area contributed by atoms with Crippen molar-refractivity contribution in [3.8, 4) is 22.8 Å². The second kappa shape index (κ2) is 13.1. The van der Waals surface area contributed by atoms with Gasteiger partial charge in [-0.15, -0.1) is 11.3 Å². The van der Waals surface area contributed by atoms with Gasteiger partial charge < -0.3 is 9.47 Å². The monoisotopic (exact) mass is 555 g/mol. The Labute approximate surface area is 240 Å². The van der Waals surface area contributed by atoms with Crippen molar-refractivity contribution in [2.45, 2.75) is 65.1 Å². The Balaban J connectivity index is 1.15. The van der Waals surface area contributed by atoms with Crippen molar-refractivity contribution in [1.29, 1.82) is 5.41 Å². The normalized spacial score (nSPS) is 13.5.